The van der Waals surface area contributed by atoms with Crippen molar-refractivity contribution in [2.75, 3.05) is 27.4 Å². The first-order valence-electron chi connectivity index (χ1n) is 24.4. The van der Waals surface area contributed by atoms with Crippen molar-refractivity contribution in [1.29, 1.82) is 0 Å². The molecule has 4 saturated carbocycles. The molecule has 0 saturated heterocycles. The Bertz CT molecular complexity index is 1090. The Labute approximate surface area is 340 Å². The molecule has 6 aliphatic carbocycles. The van der Waals surface area contributed by atoms with Crippen LogP contribution in [0.2, 0.25) is 0 Å². The van der Waals surface area contributed by atoms with Gasteiger partial charge in [0.1, 0.15) is 11.2 Å². The number of hydrogen-bond acceptors (Lipinski definition) is 3. The van der Waals surface area contributed by atoms with Crippen molar-refractivity contribution in [2.45, 2.75) is 205 Å². The molecule has 0 radical (unpaired) electrons. The van der Waals surface area contributed by atoms with E-state index in [4.69, 9.17) is 14.2 Å². The number of methoxy groups -OCH3 is 2. The molecule has 0 heterocycles. The fraction of sp³-hybridized carbons (Fsp3) is 0.846. The van der Waals surface area contributed by atoms with Crippen LogP contribution in [0.4, 0.5) is 0 Å². The van der Waals surface area contributed by atoms with Crippen molar-refractivity contribution in [3.63, 3.8) is 0 Å². The number of unbranched alkanes of at least 4 members (excludes halogenated alkanes) is 6. The molecule has 0 bridgehead atoms. The summed E-state index contributed by atoms with van der Waals surface area (Å²) in [6, 6.07) is 0. The first kappa shape index (κ1) is 43.4. The van der Waals surface area contributed by atoms with Crippen LogP contribution in [0.15, 0.2) is 48.6 Å². The fourth-order valence-electron chi connectivity index (χ4n) is 13.5. The topological polar surface area (TPSA) is 27.7 Å². The van der Waals surface area contributed by atoms with Crippen molar-refractivity contribution in [3.8, 4) is 0 Å². The summed E-state index contributed by atoms with van der Waals surface area (Å²) in [6.07, 6.45) is 58.6. The molecule has 0 atom stereocenters. The Morgan fingerprint density at radius 3 is 1.15 bits per heavy atom. The predicted molar refractivity (Wildman–Crippen MR) is 233 cm³/mol. The molecule has 3 nitrogen and oxygen atoms in total. The summed E-state index contributed by atoms with van der Waals surface area (Å²) >= 11 is 0. The summed E-state index contributed by atoms with van der Waals surface area (Å²) in [5.41, 5.74) is -0.0741. The third-order valence-corrected chi connectivity index (χ3v) is 16.9. The lowest BCUT2D eigenvalue weighted by Crippen LogP contribution is -2.54. The molecule has 55 heavy (non-hydrogen) atoms. The van der Waals surface area contributed by atoms with Crippen LogP contribution in [-0.4, -0.2) is 38.6 Å². The van der Waals surface area contributed by atoms with Gasteiger partial charge in [-0.15, -0.1) is 0 Å². The summed E-state index contributed by atoms with van der Waals surface area (Å²) in [5.74, 6) is 4.07. The van der Waals surface area contributed by atoms with Crippen LogP contribution in [0.25, 0.3) is 0 Å². The van der Waals surface area contributed by atoms with Gasteiger partial charge in [0.15, 0.2) is 0 Å². The van der Waals surface area contributed by atoms with Crippen LogP contribution in [0.1, 0.15) is 194 Å². The van der Waals surface area contributed by atoms with Gasteiger partial charge in [-0.2, -0.15) is 0 Å². The van der Waals surface area contributed by atoms with Crippen LogP contribution in [-0.2, 0) is 14.2 Å². The van der Waals surface area contributed by atoms with Gasteiger partial charge in [0.2, 0.25) is 0 Å². The van der Waals surface area contributed by atoms with Crippen LogP contribution < -0.4 is 0 Å². The molecule has 0 unspecified atom stereocenters. The molecule has 0 aromatic heterocycles. The van der Waals surface area contributed by atoms with E-state index in [1.165, 1.54) is 180 Å². The third-order valence-electron chi connectivity index (χ3n) is 16.9. The molecule has 0 aromatic carbocycles. The molecular formula is C52H86O3. The van der Waals surface area contributed by atoms with E-state index in [9.17, 15) is 0 Å². The largest absolute Gasteiger partial charge is 0.380 e. The molecule has 0 aromatic rings. The molecule has 0 amide bonds. The highest BCUT2D eigenvalue weighted by Gasteiger charge is 2.56. The number of rotatable bonds is 20. The third kappa shape index (κ3) is 10.0. The first-order chi connectivity index (χ1) is 27.0. The van der Waals surface area contributed by atoms with Crippen molar-refractivity contribution >= 4 is 0 Å². The van der Waals surface area contributed by atoms with Crippen molar-refractivity contribution < 1.29 is 14.2 Å². The molecule has 6 aliphatic rings. The molecule has 4 fully saturated rings. The lowest BCUT2D eigenvalue weighted by Gasteiger charge is -2.56. The Kier molecular flexibility index (Phi) is 16.7. The van der Waals surface area contributed by atoms with E-state index in [0.717, 1.165) is 36.9 Å². The molecule has 0 spiro atoms. The highest BCUT2D eigenvalue weighted by Crippen LogP contribution is 2.60. The summed E-state index contributed by atoms with van der Waals surface area (Å²) in [5, 5.41) is 0. The van der Waals surface area contributed by atoms with Crippen LogP contribution >= 0.6 is 0 Å². The highest BCUT2D eigenvalue weighted by molar-refractivity contribution is 5.31. The van der Waals surface area contributed by atoms with Gasteiger partial charge in [-0.05, 0) is 75.0 Å². The zero-order valence-electron chi connectivity index (χ0n) is 36.5. The van der Waals surface area contributed by atoms with Crippen LogP contribution in [0, 0.1) is 46.3 Å². The maximum absolute atomic E-state index is 6.66. The molecule has 3 heteroatoms. The number of hydrogen-bond donors (Lipinski definition) is 0. The Morgan fingerprint density at radius 2 is 0.818 bits per heavy atom. The average Bonchev–Trinajstić information content (AvgIpc) is 3.25. The van der Waals surface area contributed by atoms with Crippen molar-refractivity contribution in [2.24, 2.45) is 46.3 Å². The van der Waals surface area contributed by atoms with E-state index >= 15 is 0 Å². The van der Waals surface area contributed by atoms with E-state index < -0.39 is 0 Å². The van der Waals surface area contributed by atoms with Gasteiger partial charge in [0.05, 0.1) is 13.2 Å². The van der Waals surface area contributed by atoms with Gasteiger partial charge in [-0.1, -0.05) is 191 Å². The summed E-state index contributed by atoms with van der Waals surface area (Å²) in [4.78, 5) is 0. The maximum Gasteiger partial charge on any atom is 0.110 e. The van der Waals surface area contributed by atoms with E-state index in [2.05, 4.69) is 62.5 Å². The minimum atomic E-state index is -0.274. The molecular weight excluding hydrogens is 673 g/mol. The quantitative estimate of drug-likeness (QED) is 0.0914. The minimum absolute atomic E-state index is 0.237. The second kappa shape index (κ2) is 21.2. The van der Waals surface area contributed by atoms with Gasteiger partial charge in [0, 0.05) is 36.9 Å². The Hall–Kier alpha value is -1.16. The SMILES string of the molecule is CCCCCC[C@H]1CC[C@H](C2([C@]3(OC)C=C[C@H](COC[C@H]4C=C[C@@](OC)(C5([C@H]6CC[C@H](CCCCCC)CC6)CCCCC5)C=C4)C=C3)CCCCC2)CC1. The normalized spacial score (nSPS) is 35.9. The predicted octanol–water partition coefficient (Wildman–Crippen LogP) is 14.7. The number of ether oxygens (including phenoxy) is 3. The van der Waals surface area contributed by atoms with Gasteiger partial charge >= 0.3 is 0 Å². The summed E-state index contributed by atoms with van der Waals surface area (Å²) < 4.78 is 19.8. The van der Waals surface area contributed by atoms with Crippen LogP contribution in [0.3, 0.4) is 0 Å². The van der Waals surface area contributed by atoms with E-state index in [1.54, 1.807) is 0 Å². The van der Waals surface area contributed by atoms with Gasteiger partial charge in [-0.3, -0.25) is 0 Å². The van der Waals surface area contributed by atoms with E-state index in [1.807, 2.05) is 14.2 Å². The minimum Gasteiger partial charge on any atom is -0.380 e. The smallest absolute Gasteiger partial charge is 0.110 e. The van der Waals surface area contributed by atoms with Crippen molar-refractivity contribution in [3.05, 3.63) is 48.6 Å². The fourth-order valence-corrected chi connectivity index (χ4v) is 13.5. The van der Waals surface area contributed by atoms with Crippen molar-refractivity contribution in [1.82, 2.24) is 0 Å². The van der Waals surface area contributed by atoms with E-state index in [0.29, 0.717) is 11.8 Å². The zero-order valence-corrected chi connectivity index (χ0v) is 36.5. The summed E-state index contributed by atoms with van der Waals surface area (Å²) in [6.45, 7) is 6.13. The first-order valence-corrected chi connectivity index (χ1v) is 24.4. The van der Waals surface area contributed by atoms with Crippen LogP contribution in [0.5, 0.6) is 0 Å². The maximum atomic E-state index is 6.66. The summed E-state index contributed by atoms with van der Waals surface area (Å²) in [7, 11) is 3.97. The zero-order chi connectivity index (χ0) is 38.5. The molecule has 0 aliphatic heterocycles. The molecule has 312 valence electrons. The monoisotopic (exact) mass is 759 g/mol. The van der Waals surface area contributed by atoms with Gasteiger partial charge in [0.25, 0.3) is 0 Å². The second-order valence-electron chi connectivity index (χ2n) is 19.9. The Balaban J connectivity index is 1.02. The standard InChI is InChI=1S/C52H86O3/c1-5-7-9-13-19-43-21-25-47(26-22-43)49(33-15-11-16-34-49)51(53-3)37-29-45(30-38-51)41-55-42-46-31-39-52(54-4,40-32-46)50(35-17-12-18-36-50)48-27-23-44(24-28-48)20-14-10-8-6-2/h29-32,37-40,43-48H,5-28,33-36,41-42H2,1-4H3/t43-,44-,45-,46-,47-,48-,51-,52-. The molecule has 0 N–H and O–H groups in total. The highest BCUT2D eigenvalue weighted by atomic mass is 16.5. The average molecular weight is 759 g/mol. The van der Waals surface area contributed by atoms with E-state index in [-0.39, 0.29) is 22.0 Å². The lowest BCUT2D eigenvalue weighted by molar-refractivity contribution is -0.109. The lowest BCUT2D eigenvalue weighted by atomic mass is 9.52. The van der Waals surface area contributed by atoms with Gasteiger partial charge < -0.3 is 14.2 Å². The molecule has 6 rings (SSSR count). The Morgan fingerprint density at radius 1 is 0.455 bits per heavy atom. The second-order valence-corrected chi connectivity index (χ2v) is 19.9. The van der Waals surface area contributed by atoms with Gasteiger partial charge in [-0.25, -0.2) is 0 Å².